The lowest BCUT2D eigenvalue weighted by atomic mass is 9.80. The number of carbonyl (C=O) groups excluding carboxylic acids is 1. The smallest absolute Gasteiger partial charge is 0.314 e. The van der Waals surface area contributed by atoms with Gasteiger partial charge in [0.25, 0.3) is 0 Å². The van der Waals surface area contributed by atoms with E-state index in [1.54, 1.807) is 0 Å². The van der Waals surface area contributed by atoms with Gasteiger partial charge < -0.3 is 9.29 Å². The van der Waals surface area contributed by atoms with Crippen molar-refractivity contribution in [1.29, 1.82) is 0 Å². The molecule has 0 spiro atoms. The van der Waals surface area contributed by atoms with Crippen LogP contribution in [0.3, 0.4) is 0 Å². The third kappa shape index (κ3) is 1.88. The molecule has 3 fully saturated rings. The monoisotopic (exact) mass is 231 g/mol. The highest BCUT2D eigenvalue weighted by atomic mass is 32.2. The second-order valence-electron chi connectivity index (χ2n) is 4.40. The number of carbonyl (C=O) groups is 1. The van der Waals surface area contributed by atoms with Gasteiger partial charge in [-0.25, -0.2) is 0 Å². The lowest BCUT2D eigenvalue weighted by Gasteiger charge is -2.53. The van der Waals surface area contributed by atoms with Crippen LogP contribution in [0.5, 0.6) is 0 Å². The molecule has 3 aliphatic heterocycles. The number of hydrogen-bond acceptors (Lipinski definition) is 5. The third-order valence-corrected chi connectivity index (χ3v) is 4.81. The van der Waals surface area contributed by atoms with E-state index in [4.69, 9.17) is 4.18 Å². The summed E-state index contributed by atoms with van der Waals surface area (Å²) in [5.41, 5.74) is 0. The summed E-state index contributed by atoms with van der Waals surface area (Å²) in [6, 6.07) is 0.0642. The van der Waals surface area contributed by atoms with E-state index in [1.807, 2.05) is 6.92 Å². The molecular weight excluding hydrogens is 214 g/mol. The Kier molecular flexibility index (Phi) is 2.96. The first-order valence-corrected chi connectivity index (χ1v) is 6.11. The van der Waals surface area contributed by atoms with Crippen molar-refractivity contribution >= 4 is 18.0 Å². The average molecular weight is 231 g/mol. The van der Waals surface area contributed by atoms with Gasteiger partial charge in [-0.2, -0.15) is 0 Å². The van der Waals surface area contributed by atoms with Crippen LogP contribution < -0.4 is 0 Å². The summed E-state index contributed by atoms with van der Waals surface area (Å²) in [5.74, 6) is -0.0982. The van der Waals surface area contributed by atoms with Crippen LogP contribution in [0.1, 0.15) is 26.7 Å². The van der Waals surface area contributed by atoms with Crippen molar-refractivity contribution in [2.45, 2.75) is 37.7 Å². The van der Waals surface area contributed by atoms with E-state index in [0.717, 1.165) is 38.0 Å². The molecule has 86 valence electrons. The van der Waals surface area contributed by atoms with E-state index in [1.165, 1.54) is 6.92 Å². The Morgan fingerprint density at radius 1 is 1.53 bits per heavy atom. The molecule has 5 heteroatoms. The molecule has 2 unspecified atom stereocenters. The molecule has 3 heterocycles. The van der Waals surface area contributed by atoms with Crippen LogP contribution in [0.4, 0.5) is 0 Å². The van der Waals surface area contributed by atoms with Crippen molar-refractivity contribution < 1.29 is 14.1 Å². The van der Waals surface area contributed by atoms with Gasteiger partial charge in [0.05, 0.1) is 12.0 Å². The van der Waals surface area contributed by atoms with E-state index < -0.39 is 4.93 Å². The number of rotatable bonds is 2. The van der Waals surface area contributed by atoms with Crippen LogP contribution in [0, 0.1) is 5.92 Å². The predicted molar refractivity (Wildman–Crippen MR) is 58.1 cm³/mol. The van der Waals surface area contributed by atoms with Gasteiger partial charge >= 0.3 is 5.97 Å². The normalized spacial score (nSPS) is 44.1. The maximum Gasteiger partial charge on any atom is 0.314 e. The van der Waals surface area contributed by atoms with Crippen molar-refractivity contribution in [3.05, 3.63) is 0 Å². The minimum atomic E-state index is -0.915. The molecule has 15 heavy (non-hydrogen) atoms. The van der Waals surface area contributed by atoms with Gasteiger partial charge in [-0.3, -0.25) is 9.69 Å². The van der Waals surface area contributed by atoms with E-state index >= 15 is 0 Å². The van der Waals surface area contributed by atoms with E-state index in [2.05, 4.69) is 4.90 Å². The maximum absolute atomic E-state index is 10.8. The molecule has 2 bridgehead atoms. The highest BCUT2D eigenvalue weighted by Gasteiger charge is 2.52. The lowest BCUT2D eigenvalue weighted by Crippen LogP contribution is -2.63. The summed E-state index contributed by atoms with van der Waals surface area (Å²) in [6.45, 7) is 5.47. The van der Waals surface area contributed by atoms with Gasteiger partial charge in [0.15, 0.2) is 4.93 Å². The summed E-state index contributed by atoms with van der Waals surface area (Å²) < 4.78 is 4.91. The minimum absolute atomic E-state index is 0.0642. The standard InChI is InChI=1S/C10H17NO3S/c1-7-10(13,15-14-8(2)12)9-3-5-11(7)6-4-9/h7,9,13H,3-6H2,1-2H3. The zero-order chi connectivity index (χ0) is 11.1. The van der Waals surface area contributed by atoms with Crippen LogP contribution in [-0.4, -0.2) is 40.0 Å². The molecule has 0 saturated carbocycles. The van der Waals surface area contributed by atoms with Gasteiger partial charge in [0, 0.05) is 18.9 Å². The zero-order valence-electron chi connectivity index (χ0n) is 9.10. The van der Waals surface area contributed by atoms with Crippen molar-refractivity contribution in [2.24, 2.45) is 5.92 Å². The Hall–Kier alpha value is -0.260. The van der Waals surface area contributed by atoms with Gasteiger partial charge in [-0.15, -0.1) is 0 Å². The molecule has 3 aliphatic rings. The molecule has 3 rings (SSSR count). The van der Waals surface area contributed by atoms with Crippen LogP contribution in [0.25, 0.3) is 0 Å². The Balaban J connectivity index is 2.08. The van der Waals surface area contributed by atoms with E-state index in [0.29, 0.717) is 0 Å². The van der Waals surface area contributed by atoms with Crippen LogP contribution >= 0.6 is 12.0 Å². The first-order valence-electron chi connectivity index (χ1n) is 5.36. The van der Waals surface area contributed by atoms with Gasteiger partial charge in [0.1, 0.15) is 0 Å². The molecule has 0 aliphatic carbocycles. The van der Waals surface area contributed by atoms with E-state index in [9.17, 15) is 9.90 Å². The zero-order valence-corrected chi connectivity index (χ0v) is 9.92. The van der Waals surface area contributed by atoms with Gasteiger partial charge in [-0.05, 0) is 32.9 Å². The summed E-state index contributed by atoms with van der Waals surface area (Å²) in [5, 5.41) is 10.5. The molecule has 1 N–H and O–H groups in total. The molecule has 3 saturated heterocycles. The molecule has 0 amide bonds. The van der Waals surface area contributed by atoms with Crippen molar-refractivity contribution in [1.82, 2.24) is 4.90 Å². The molecule has 0 aromatic carbocycles. The summed E-state index contributed by atoms with van der Waals surface area (Å²) >= 11 is 0.943. The second-order valence-corrected chi connectivity index (χ2v) is 5.38. The quantitative estimate of drug-likeness (QED) is 0.567. The first-order chi connectivity index (χ1) is 7.04. The fourth-order valence-electron chi connectivity index (χ4n) is 2.57. The molecule has 4 nitrogen and oxygen atoms in total. The summed E-state index contributed by atoms with van der Waals surface area (Å²) in [7, 11) is 0. The number of piperidine rings is 3. The fourth-order valence-corrected chi connectivity index (χ4v) is 3.48. The summed E-state index contributed by atoms with van der Waals surface area (Å²) in [4.78, 5) is 12.1. The maximum atomic E-state index is 10.8. The topological polar surface area (TPSA) is 49.8 Å². The Morgan fingerprint density at radius 3 is 2.60 bits per heavy atom. The van der Waals surface area contributed by atoms with Crippen LogP contribution in [0.2, 0.25) is 0 Å². The molecule has 2 atom stereocenters. The number of fused-ring (bicyclic) bond motifs is 3. The van der Waals surface area contributed by atoms with Crippen LogP contribution in [0.15, 0.2) is 0 Å². The third-order valence-electron chi connectivity index (χ3n) is 3.55. The van der Waals surface area contributed by atoms with Crippen molar-refractivity contribution in [3.63, 3.8) is 0 Å². The fraction of sp³-hybridized carbons (Fsp3) is 0.900. The van der Waals surface area contributed by atoms with E-state index in [-0.39, 0.29) is 17.9 Å². The molecule has 0 radical (unpaired) electrons. The van der Waals surface area contributed by atoms with Gasteiger partial charge in [-0.1, -0.05) is 0 Å². The SMILES string of the molecule is CC(=O)OSC1(O)C2CCN(CC2)C1C. The highest BCUT2D eigenvalue weighted by Crippen LogP contribution is 2.47. The first kappa shape index (κ1) is 11.2. The van der Waals surface area contributed by atoms with Crippen LogP contribution in [-0.2, 0) is 8.98 Å². The molecular formula is C10H17NO3S. The predicted octanol–water partition coefficient (Wildman–Crippen LogP) is 1.00. The average Bonchev–Trinajstić information content (AvgIpc) is 2.23. The lowest BCUT2D eigenvalue weighted by molar-refractivity contribution is -0.132. The second kappa shape index (κ2) is 3.96. The molecule has 0 aromatic heterocycles. The summed E-state index contributed by atoms with van der Waals surface area (Å²) in [6.07, 6.45) is 1.99. The Bertz CT molecular complexity index is 261. The Labute approximate surface area is 94.2 Å². The minimum Gasteiger partial charge on any atom is -0.388 e. The largest absolute Gasteiger partial charge is 0.388 e. The van der Waals surface area contributed by atoms with Crippen molar-refractivity contribution in [3.8, 4) is 0 Å². The number of hydrogen-bond donors (Lipinski definition) is 1. The number of nitrogens with zero attached hydrogens (tertiary/aromatic N) is 1. The molecule has 0 aromatic rings. The van der Waals surface area contributed by atoms with Gasteiger partial charge in [0.2, 0.25) is 0 Å². The van der Waals surface area contributed by atoms with Crippen molar-refractivity contribution in [2.75, 3.05) is 13.1 Å². The number of aliphatic hydroxyl groups is 1. The Morgan fingerprint density at radius 2 is 2.13 bits per heavy atom. The highest BCUT2D eigenvalue weighted by molar-refractivity contribution is 7.96.